The molecular weight excluding hydrogens is 498 g/mol. The number of urea groups is 1. The van der Waals surface area contributed by atoms with E-state index in [0.29, 0.717) is 47.3 Å². The number of benzene rings is 4. The second-order valence-electron chi connectivity index (χ2n) is 8.54. The van der Waals surface area contributed by atoms with Gasteiger partial charge < -0.3 is 24.8 Å². The summed E-state index contributed by atoms with van der Waals surface area (Å²) in [5.74, 6) is -0.00526. The van der Waals surface area contributed by atoms with Crippen LogP contribution in [0.25, 0.3) is 0 Å². The average molecular weight is 524 g/mol. The smallest absolute Gasteiger partial charge is 0.337 e. The number of carbonyl (C=O) groups excluding carboxylic acids is 3. The van der Waals surface area contributed by atoms with Crippen LogP contribution in [0.2, 0.25) is 0 Å². The molecule has 3 amide bonds. The van der Waals surface area contributed by atoms with Gasteiger partial charge in [-0.2, -0.15) is 0 Å². The van der Waals surface area contributed by atoms with Crippen molar-refractivity contribution in [2.45, 2.75) is 0 Å². The first kappa shape index (κ1) is 25.3. The van der Waals surface area contributed by atoms with Crippen molar-refractivity contribution in [3.8, 4) is 11.5 Å². The summed E-state index contributed by atoms with van der Waals surface area (Å²) < 4.78 is 16.0. The number of amides is 3. The van der Waals surface area contributed by atoms with Crippen molar-refractivity contribution >= 4 is 40.7 Å². The largest absolute Gasteiger partial charge is 0.486 e. The van der Waals surface area contributed by atoms with Gasteiger partial charge in [0.1, 0.15) is 13.2 Å². The normalized spacial score (nSPS) is 11.7. The number of fused-ring (bicyclic) bond motifs is 1. The summed E-state index contributed by atoms with van der Waals surface area (Å²) in [5.41, 5.74) is 2.37. The molecule has 39 heavy (non-hydrogen) atoms. The zero-order valence-electron chi connectivity index (χ0n) is 21.0. The quantitative estimate of drug-likeness (QED) is 0.306. The van der Waals surface area contributed by atoms with Gasteiger partial charge in [-0.05, 0) is 60.7 Å². The summed E-state index contributed by atoms with van der Waals surface area (Å²) in [4.78, 5) is 40.5. The number of hydrogen-bond donors (Lipinski definition) is 2. The van der Waals surface area contributed by atoms with E-state index in [0.717, 1.165) is 0 Å². The van der Waals surface area contributed by atoms with Gasteiger partial charge in [0.15, 0.2) is 11.5 Å². The van der Waals surface area contributed by atoms with Crippen LogP contribution in [0.3, 0.4) is 0 Å². The maximum atomic E-state index is 13.5. The number of para-hydroxylation sites is 2. The van der Waals surface area contributed by atoms with Crippen molar-refractivity contribution < 1.29 is 28.6 Å². The maximum absolute atomic E-state index is 13.5. The molecule has 0 aliphatic carbocycles. The van der Waals surface area contributed by atoms with E-state index in [9.17, 15) is 14.4 Å². The Bertz CT molecular complexity index is 1470. The molecule has 4 aromatic rings. The number of nitrogens with zero attached hydrogens (tertiary/aromatic N) is 1. The van der Waals surface area contributed by atoms with Crippen LogP contribution in [0.15, 0.2) is 97.1 Å². The van der Waals surface area contributed by atoms with E-state index in [-0.39, 0.29) is 11.3 Å². The zero-order valence-corrected chi connectivity index (χ0v) is 21.0. The third kappa shape index (κ3) is 5.83. The SMILES string of the molecule is COC(=O)c1cc(NC(=O)c2ccc3c(c2)OCCO3)cc(NC(=O)N(c2ccccc2)c2ccccc2)c1. The highest BCUT2D eigenvalue weighted by Gasteiger charge is 2.20. The van der Waals surface area contributed by atoms with Crippen LogP contribution in [0, 0.1) is 0 Å². The molecule has 0 spiro atoms. The molecule has 0 bridgehead atoms. The number of anilines is 4. The lowest BCUT2D eigenvalue weighted by Gasteiger charge is -2.23. The lowest BCUT2D eigenvalue weighted by atomic mass is 10.1. The van der Waals surface area contributed by atoms with Gasteiger partial charge in [-0.25, -0.2) is 9.59 Å². The molecule has 0 aromatic heterocycles. The number of rotatable bonds is 6. The highest BCUT2D eigenvalue weighted by molar-refractivity contribution is 6.09. The van der Waals surface area contributed by atoms with Gasteiger partial charge in [-0.1, -0.05) is 36.4 Å². The molecule has 0 atom stereocenters. The summed E-state index contributed by atoms with van der Waals surface area (Å²) >= 11 is 0. The van der Waals surface area contributed by atoms with Crippen molar-refractivity contribution in [1.82, 2.24) is 0 Å². The molecule has 0 unspecified atom stereocenters. The second-order valence-corrected chi connectivity index (χ2v) is 8.54. The Morgan fingerprint density at radius 1 is 0.692 bits per heavy atom. The van der Waals surface area contributed by atoms with Crippen LogP contribution in [-0.4, -0.2) is 38.2 Å². The number of carbonyl (C=O) groups is 3. The summed E-state index contributed by atoms with van der Waals surface area (Å²) in [6.07, 6.45) is 0. The van der Waals surface area contributed by atoms with E-state index in [4.69, 9.17) is 14.2 Å². The van der Waals surface area contributed by atoms with Crippen molar-refractivity contribution in [2.24, 2.45) is 0 Å². The molecule has 1 aliphatic rings. The molecule has 5 rings (SSSR count). The molecule has 196 valence electrons. The molecule has 2 N–H and O–H groups in total. The first-order valence-electron chi connectivity index (χ1n) is 12.2. The molecular formula is C30H25N3O6. The Kier molecular flexibility index (Phi) is 7.40. The highest BCUT2D eigenvalue weighted by atomic mass is 16.6. The van der Waals surface area contributed by atoms with Gasteiger partial charge in [0.05, 0.1) is 24.0 Å². The minimum Gasteiger partial charge on any atom is -0.486 e. The molecule has 1 heterocycles. The Hall–Kier alpha value is -5.31. The first-order valence-corrected chi connectivity index (χ1v) is 12.2. The van der Waals surface area contributed by atoms with E-state index in [1.807, 2.05) is 60.7 Å². The lowest BCUT2D eigenvalue weighted by molar-refractivity contribution is 0.0600. The minimum atomic E-state index is -0.621. The van der Waals surface area contributed by atoms with Gasteiger partial charge in [0, 0.05) is 16.9 Å². The highest BCUT2D eigenvalue weighted by Crippen LogP contribution is 2.31. The summed E-state index contributed by atoms with van der Waals surface area (Å²) in [6.45, 7) is 0.838. The first-order chi connectivity index (χ1) is 19.0. The van der Waals surface area contributed by atoms with E-state index >= 15 is 0 Å². The number of nitrogens with one attached hydrogen (secondary N) is 2. The van der Waals surface area contributed by atoms with Crippen LogP contribution < -0.4 is 25.0 Å². The fourth-order valence-electron chi connectivity index (χ4n) is 4.11. The number of hydrogen-bond acceptors (Lipinski definition) is 6. The zero-order chi connectivity index (χ0) is 27.2. The van der Waals surface area contributed by atoms with Crippen molar-refractivity contribution in [2.75, 3.05) is 35.9 Å². The van der Waals surface area contributed by atoms with Crippen LogP contribution in [0.1, 0.15) is 20.7 Å². The molecule has 0 saturated heterocycles. The number of methoxy groups -OCH3 is 1. The van der Waals surface area contributed by atoms with Crippen LogP contribution in [0.5, 0.6) is 11.5 Å². The van der Waals surface area contributed by atoms with Gasteiger partial charge in [-0.15, -0.1) is 0 Å². The van der Waals surface area contributed by atoms with Gasteiger partial charge >= 0.3 is 12.0 Å². The molecule has 0 saturated carbocycles. The molecule has 0 radical (unpaired) electrons. The van der Waals surface area contributed by atoms with E-state index in [1.165, 1.54) is 24.1 Å². The average Bonchev–Trinajstić information content (AvgIpc) is 2.97. The summed E-state index contributed by atoms with van der Waals surface area (Å²) in [7, 11) is 1.26. The predicted molar refractivity (Wildman–Crippen MR) is 147 cm³/mol. The molecule has 1 aliphatic heterocycles. The fraction of sp³-hybridized carbons (Fsp3) is 0.100. The van der Waals surface area contributed by atoms with Crippen molar-refractivity contribution in [1.29, 1.82) is 0 Å². The molecule has 0 fully saturated rings. The monoisotopic (exact) mass is 523 g/mol. The third-order valence-corrected chi connectivity index (χ3v) is 5.90. The molecule has 9 heteroatoms. The topological polar surface area (TPSA) is 106 Å². The maximum Gasteiger partial charge on any atom is 0.337 e. The molecule has 4 aromatic carbocycles. The van der Waals surface area contributed by atoms with Gasteiger partial charge in [-0.3, -0.25) is 9.69 Å². The summed E-state index contributed by atoms with van der Waals surface area (Å²) in [5, 5.41) is 5.63. The van der Waals surface area contributed by atoms with E-state index in [1.54, 1.807) is 24.3 Å². The Balaban J connectivity index is 1.43. The van der Waals surface area contributed by atoms with Crippen LogP contribution in [-0.2, 0) is 4.74 Å². The number of esters is 1. The third-order valence-electron chi connectivity index (χ3n) is 5.90. The standard InChI is InChI=1S/C30H25N3O6/c1-37-29(35)21-16-22(31-28(34)20-12-13-26-27(18-20)39-15-14-38-26)19-23(17-21)32-30(36)33(24-8-4-2-5-9-24)25-10-6-3-7-11-25/h2-13,16-19H,14-15H2,1H3,(H,31,34)(H,32,36). The van der Waals surface area contributed by atoms with Crippen LogP contribution in [0.4, 0.5) is 27.5 Å². The minimum absolute atomic E-state index is 0.152. The van der Waals surface area contributed by atoms with Crippen molar-refractivity contribution in [3.05, 3.63) is 108 Å². The Morgan fingerprint density at radius 3 is 1.90 bits per heavy atom. The lowest BCUT2D eigenvalue weighted by Crippen LogP contribution is -2.30. The van der Waals surface area contributed by atoms with Gasteiger partial charge in [0.2, 0.25) is 0 Å². The Labute approximate surface area is 224 Å². The van der Waals surface area contributed by atoms with E-state index in [2.05, 4.69) is 10.6 Å². The Morgan fingerprint density at radius 2 is 1.28 bits per heavy atom. The van der Waals surface area contributed by atoms with E-state index < -0.39 is 17.9 Å². The predicted octanol–water partition coefficient (Wildman–Crippen LogP) is 5.87. The van der Waals surface area contributed by atoms with Crippen LogP contribution >= 0.6 is 0 Å². The second kappa shape index (κ2) is 11.4. The number of ether oxygens (including phenoxy) is 3. The molecule has 9 nitrogen and oxygen atoms in total. The van der Waals surface area contributed by atoms with Gasteiger partial charge in [0.25, 0.3) is 5.91 Å². The summed E-state index contributed by atoms with van der Waals surface area (Å²) in [6, 6.07) is 27.3. The van der Waals surface area contributed by atoms with Crippen molar-refractivity contribution in [3.63, 3.8) is 0 Å². The fourth-order valence-corrected chi connectivity index (χ4v) is 4.11.